The maximum Gasteiger partial charge on any atom is 0.213 e. The Kier molecular flexibility index (Phi) is 6.06. The summed E-state index contributed by atoms with van der Waals surface area (Å²) in [5.74, 6) is 1.22. The third-order valence-electron chi connectivity index (χ3n) is 4.11. The summed E-state index contributed by atoms with van der Waals surface area (Å²) in [5.41, 5.74) is 0. The molecule has 2 N–H and O–H groups in total. The van der Waals surface area contributed by atoms with Gasteiger partial charge in [-0.2, -0.15) is 0 Å². The molecule has 5 nitrogen and oxygen atoms in total. The van der Waals surface area contributed by atoms with Gasteiger partial charge in [-0.3, -0.25) is 0 Å². The molecule has 2 rings (SSSR count). The zero-order chi connectivity index (χ0) is 16.2. The quantitative estimate of drug-likeness (QED) is 0.777. The first kappa shape index (κ1) is 17.5. The van der Waals surface area contributed by atoms with Crippen molar-refractivity contribution < 1.29 is 8.42 Å². The molecule has 7 heteroatoms. The molecule has 1 aliphatic rings. The number of aromatic nitrogens is 1. The third kappa shape index (κ3) is 5.11. The van der Waals surface area contributed by atoms with Crippen molar-refractivity contribution in [2.45, 2.75) is 50.8 Å². The smallest absolute Gasteiger partial charge is 0.213 e. The van der Waals surface area contributed by atoms with Crippen molar-refractivity contribution in [3.63, 3.8) is 0 Å². The van der Waals surface area contributed by atoms with E-state index in [2.05, 4.69) is 15.0 Å². The van der Waals surface area contributed by atoms with Crippen LogP contribution in [-0.4, -0.2) is 31.2 Å². The average molecular weight is 346 g/mol. The molecule has 1 aliphatic carbocycles. The van der Waals surface area contributed by atoms with Crippen molar-refractivity contribution in [1.29, 1.82) is 0 Å². The molecule has 124 valence electrons. The highest BCUT2D eigenvalue weighted by molar-refractivity contribution is 7.90. The summed E-state index contributed by atoms with van der Waals surface area (Å²) in [4.78, 5) is 4.24. The highest BCUT2D eigenvalue weighted by Gasteiger charge is 2.23. The van der Waals surface area contributed by atoms with E-state index in [9.17, 15) is 8.42 Å². The molecule has 0 aromatic carbocycles. The zero-order valence-corrected chi connectivity index (χ0v) is 14.6. The second-order valence-electron chi connectivity index (χ2n) is 6.15. The van der Waals surface area contributed by atoms with Crippen molar-refractivity contribution in [1.82, 2.24) is 9.71 Å². The van der Waals surface area contributed by atoms with Crippen molar-refractivity contribution in [2.75, 3.05) is 11.9 Å². The van der Waals surface area contributed by atoms with Crippen LogP contribution in [0.2, 0.25) is 5.15 Å². The predicted molar refractivity (Wildman–Crippen MR) is 90.7 cm³/mol. The minimum Gasteiger partial charge on any atom is -0.367 e. The van der Waals surface area contributed by atoms with Crippen LogP contribution >= 0.6 is 11.6 Å². The standard InChI is InChI=1S/C15H24ClN3O2S/c1-11(2)22(20,21)17-10-12-6-8-13(9-7-12)18-15-5-3-4-14(16)19-15/h3-5,11-13,17H,6-10H2,1-2H3,(H,18,19)/t12-,13-. The van der Waals surface area contributed by atoms with Gasteiger partial charge in [-0.1, -0.05) is 17.7 Å². The third-order valence-corrected chi connectivity index (χ3v) is 6.13. The van der Waals surface area contributed by atoms with Gasteiger partial charge in [0, 0.05) is 12.6 Å². The van der Waals surface area contributed by atoms with E-state index in [1.54, 1.807) is 19.9 Å². The van der Waals surface area contributed by atoms with Gasteiger partial charge in [0.05, 0.1) is 5.25 Å². The Morgan fingerprint density at radius 1 is 1.27 bits per heavy atom. The lowest BCUT2D eigenvalue weighted by molar-refractivity contribution is 0.336. The van der Waals surface area contributed by atoms with Crippen molar-refractivity contribution in [3.05, 3.63) is 23.4 Å². The number of rotatable bonds is 6. The number of sulfonamides is 1. The van der Waals surface area contributed by atoms with Gasteiger partial charge >= 0.3 is 0 Å². The number of halogens is 1. The Morgan fingerprint density at radius 2 is 1.95 bits per heavy atom. The summed E-state index contributed by atoms with van der Waals surface area (Å²) in [6, 6.07) is 5.92. The summed E-state index contributed by atoms with van der Waals surface area (Å²) in [6.07, 6.45) is 4.06. The molecule has 1 aromatic heterocycles. The van der Waals surface area contributed by atoms with Crippen LogP contribution in [0.3, 0.4) is 0 Å². The zero-order valence-electron chi connectivity index (χ0n) is 13.0. The monoisotopic (exact) mass is 345 g/mol. The van der Waals surface area contributed by atoms with E-state index in [-0.39, 0.29) is 5.25 Å². The maximum atomic E-state index is 11.8. The predicted octanol–water partition coefficient (Wildman–Crippen LogP) is 3.03. The van der Waals surface area contributed by atoms with E-state index in [0.29, 0.717) is 23.7 Å². The fraction of sp³-hybridized carbons (Fsp3) is 0.667. The van der Waals surface area contributed by atoms with Crippen molar-refractivity contribution in [2.24, 2.45) is 5.92 Å². The molecule has 0 bridgehead atoms. The topological polar surface area (TPSA) is 71.1 Å². The minimum absolute atomic E-state index is 0.376. The van der Waals surface area contributed by atoms with Crippen LogP contribution < -0.4 is 10.0 Å². The van der Waals surface area contributed by atoms with E-state index >= 15 is 0 Å². The molecular weight excluding hydrogens is 322 g/mol. The second kappa shape index (κ2) is 7.62. The van der Waals surface area contributed by atoms with Gasteiger partial charge in [-0.05, 0) is 57.6 Å². The summed E-state index contributed by atoms with van der Waals surface area (Å²) in [7, 11) is -3.15. The fourth-order valence-corrected chi connectivity index (χ4v) is 3.57. The Labute approximate surface area is 137 Å². The van der Waals surface area contributed by atoms with E-state index < -0.39 is 10.0 Å². The number of hydrogen-bond acceptors (Lipinski definition) is 4. The number of anilines is 1. The first-order chi connectivity index (χ1) is 10.4. The lowest BCUT2D eigenvalue weighted by Gasteiger charge is -2.29. The molecule has 0 unspecified atom stereocenters. The van der Waals surface area contributed by atoms with E-state index in [1.165, 1.54) is 0 Å². The molecule has 1 aromatic rings. The van der Waals surface area contributed by atoms with Gasteiger partial charge in [-0.15, -0.1) is 0 Å². The molecule has 1 heterocycles. The van der Waals surface area contributed by atoms with Crippen LogP contribution in [0.25, 0.3) is 0 Å². The van der Waals surface area contributed by atoms with Crippen LogP contribution in [-0.2, 0) is 10.0 Å². The molecule has 0 aliphatic heterocycles. The van der Waals surface area contributed by atoms with Crippen LogP contribution in [0.4, 0.5) is 5.82 Å². The molecule has 1 fully saturated rings. The molecule has 0 saturated heterocycles. The van der Waals surface area contributed by atoms with Crippen LogP contribution in [0.15, 0.2) is 18.2 Å². The van der Waals surface area contributed by atoms with Gasteiger partial charge in [0.25, 0.3) is 0 Å². The van der Waals surface area contributed by atoms with Crippen molar-refractivity contribution >= 4 is 27.4 Å². The van der Waals surface area contributed by atoms with E-state index in [1.807, 2.05) is 12.1 Å². The molecule has 0 atom stereocenters. The lowest BCUT2D eigenvalue weighted by Crippen LogP contribution is -2.37. The normalized spacial score (nSPS) is 22.7. The number of nitrogens with zero attached hydrogens (tertiary/aromatic N) is 1. The van der Waals surface area contributed by atoms with Crippen LogP contribution in [0, 0.1) is 5.92 Å². The highest BCUT2D eigenvalue weighted by atomic mass is 35.5. The maximum absolute atomic E-state index is 11.8. The molecule has 1 saturated carbocycles. The van der Waals surface area contributed by atoms with Crippen LogP contribution in [0.1, 0.15) is 39.5 Å². The fourth-order valence-electron chi connectivity index (χ4n) is 2.61. The van der Waals surface area contributed by atoms with Gasteiger partial charge < -0.3 is 5.32 Å². The van der Waals surface area contributed by atoms with Crippen molar-refractivity contribution in [3.8, 4) is 0 Å². The molecule has 22 heavy (non-hydrogen) atoms. The number of nitrogens with one attached hydrogen (secondary N) is 2. The first-order valence-electron chi connectivity index (χ1n) is 7.74. The van der Waals surface area contributed by atoms with Gasteiger partial charge in [0.15, 0.2) is 0 Å². The average Bonchev–Trinajstić information content (AvgIpc) is 2.46. The number of pyridine rings is 1. The summed E-state index contributed by atoms with van der Waals surface area (Å²) in [6.45, 7) is 3.94. The van der Waals surface area contributed by atoms with E-state index in [4.69, 9.17) is 11.6 Å². The van der Waals surface area contributed by atoms with E-state index in [0.717, 1.165) is 31.5 Å². The van der Waals surface area contributed by atoms with Gasteiger partial charge in [0.1, 0.15) is 11.0 Å². The Hall–Kier alpha value is -0.850. The second-order valence-corrected chi connectivity index (χ2v) is 8.86. The Morgan fingerprint density at radius 3 is 2.55 bits per heavy atom. The summed E-state index contributed by atoms with van der Waals surface area (Å²) < 4.78 is 26.3. The summed E-state index contributed by atoms with van der Waals surface area (Å²) >= 11 is 5.88. The van der Waals surface area contributed by atoms with Gasteiger partial charge in [-0.25, -0.2) is 18.1 Å². The minimum atomic E-state index is -3.15. The van der Waals surface area contributed by atoms with Gasteiger partial charge in [0.2, 0.25) is 10.0 Å². The Balaban J connectivity index is 1.76. The molecule has 0 spiro atoms. The summed E-state index contributed by atoms with van der Waals surface area (Å²) in [5, 5.41) is 3.51. The molecule has 0 radical (unpaired) electrons. The highest BCUT2D eigenvalue weighted by Crippen LogP contribution is 2.26. The first-order valence-corrected chi connectivity index (χ1v) is 9.67. The lowest BCUT2D eigenvalue weighted by atomic mass is 9.86. The molecule has 0 amide bonds. The molecular formula is C15H24ClN3O2S. The number of hydrogen-bond donors (Lipinski definition) is 2. The van der Waals surface area contributed by atoms with Crippen LogP contribution in [0.5, 0.6) is 0 Å². The Bertz CT molecular complexity index is 584. The SMILES string of the molecule is CC(C)S(=O)(=O)NC[C@H]1CC[C@H](Nc2cccc(Cl)n2)CC1. The largest absolute Gasteiger partial charge is 0.367 e.